The van der Waals surface area contributed by atoms with Crippen LogP contribution in [0.5, 0.6) is 0 Å². The number of benzene rings is 1. The molecule has 1 fully saturated rings. The van der Waals surface area contributed by atoms with Crippen molar-refractivity contribution in [1.82, 2.24) is 14.9 Å². The summed E-state index contributed by atoms with van der Waals surface area (Å²) in [6, 6.07) is 12.9. The van der Waals surface area contributed by atoms with E-state index in [2.05, 4.69) is 14.9 Å². The van der Waals surface area contributed by atoms with Gasteiger partial charge < -0.3 is 19.0 Å². The van der Waals surface area contributed by atoms with Crippen LogP contribution in [0, 0.1) is 0 Å². The van der Waals surface area contributed by atoms with E-state index in [0.717, 1.165) is 5.82 Å². The fourth-order valence-corrected chi connectivity index (χ4v) is 3.57. The fraction of sp³-hybridized carbons (Fsp3) is 0.304. The van der Waals surface area contributed by atoms with Gasteiger partial charge in [0.25, 0.3) is 5.91 Å². The predicted octanol–water partition coefficient (Wildman–Crippen LogP) is 3.26. The van der Waals surface area contributed by atoms with Crippen LogP contribution in [0.25, 0.3) is 11.3 Å². The maximum atomic E-state index is 13.3. The van der Waals surface area contributed by atoms with Gasteiger partial charge >= 0.3 is 5.97 Å². The zero-order valence-electron chi connectivity index (χ0n) is 17.5. The molecule has 0 bridgehead atoms. The first-order chi connectivity index (χ1) is 15.0. The molecule has 0 N–H and O–H groups in total. The molecule has 1 saturated heterocycles. The molecule has 1 aliphatic rings. The first-order valence-electron chi connectivity index (χ1n) is 10.2. The Morgan fingerprint density at radius 2 is 1.74 bits per heavy atom. The van der Waals surface area contributed by atoms with Crippen LogP contribution >= 0.6 is 0 Å². The Morgan fingerprint density at radius 1 is 1.00 bits per heavy atom. The smallest absolute Gasteiger partial charge is 0.361 e. The molecule has 0 saturated carbocycles. The van der Waals surface area contributed by atoms with E-state index in [0.29, 0.717) is 37.3 Å². The minimum absolute atomic E-state index is 0.0638. The van der Waals surface area contributed by atoms with Gasteiger partial charge in [0, 0.05) is 37.9 Å². The predicted molar refractivity (Wildman–Crippen MR) is 115 cm³/mol. The maximum absolute atomic E-state index is 13.3. The summed E-state index contributed by atoms with van der Waals surface area (Å²) < 4.78 is 10.8. The highest BCUT2D eigenvalue weighted by atomic mass is 16.5. The van der Waals surface area contributed by atoms with E-state index in [1.165, 1.54) is 6.39 Å². The molecule has 160 valence electrons. The number of pyridine rings is 1. The van der Waals surface area contributed by atoms with E-state index in [1.807, 2.05) is 18.2 Å². The molecular formula is C23H24N4O4. The molecule has 4 rings (SSSR count). The maximum Gasteiger partial charge on any atom is 0.361 e. The van der Waals surface area contributed by atoms with Crippen molar-refractivity contribution in [2.45, 2.75) is 20.0 Å². The van der Waals surface area contributed by atoms with Crippen molar-refractivity contribution in [3.63, 3.8) is 0 Å². The molecule has 0 spiro atoms. The van der Waals surface area contributed by atoms with Gasteiger partial charge in [0.05, 0.1) is 11.7 Å². The highest BCUT2D eigenvalue weighted by Gasteiger charge is 2.28. The highest BCUT2D eigenvalue weighted by molar-refractivity contribution is 6.03. The molecule has 0 atom stereocenters. The van der Waals surface area contributed by atoms with Crippen molar-refractivity contribution in [3.05, 3.63) is 66.3 Å². The highest BCUT2D eigenvalue weighted by Crippen LogP contribution is 2.29. The number of hydrogen-bond acceptors (Lipinski definition) is 7. The third-order valence-corrected chi connectivity index (χ3v) is 5.05. The number of carbonyl (C=O) groups excluding carboxylic acids is 2. The summed E-state index contributed by atoms with van der Waals surface area (Å²) >= 11 is 0. The molecular weight excluding hydrogens is 396 g/mol. The first kappa shape index (κ1) is 20.6. The van der Waals surface area contributed by atoms with Gasteiger partial charge in [0.15, 0.2) is 17.8 Å². The summed E-state index contributed by atoms with van der Waals surface area (Å²) in [7, 11) is 0. The largest absolute Gasteiger partial charge is 0.458 e. The average Bonchev–Trinajstić information content (AvgIpc) is 3.29. The van der Waals surface area contributed by atoms with Crippen LogP contribution in [0.4, 0.5) is 5.82 Å². The Morgan fingerprint density at radius 3 is 2.45 bits per heavy atom. The van der Waals surface area contributed by atoms with Gasteiger partial charge in [-0.1, -0.05) is 24.3 Å². The van der Waals surface area contributed by atoms with Crippen molar-refractivity contribution in [2.75, 3.05) is 31.1 Å². The average molecular weight is 420 g/mol. The number of carbonyl (C=O) groups is 2. The second-order valence-corrected chi connectivity index (χ2v) is 7.50. The van der Waals surface area contributed by atoms with E-state index in [9.17, 15) is 9.59 Å². The van der Waals surface area contributed by atoms with Crippen molar-refractivity contribution >= 4 is 17.7 Å². The molecule has 2 aromatic heterocycles. The van der Waals surface area contributed by atoms with Gasteiger partial charge in [-0.25, -0.2) is 14.8 Å². The number of nitrogens with zero attached hydrogens (tertiary/aromatic N) is 4. The Hall–Kier alpha value is -3.68. The molecule has 8 heteroatoms. The summed E-state index contributed by atoms with van der Waals surface area (Å²) in [4.78, 5) is 38.1. The van der Waals surface area contributed by atoms with Crippen molar-refractivity contribution < 1.29 is 18.7 Å². The number of aromatic nitrogens is 2. The third kappa shape index (κ3) is 4.42. The van der Waals surface area contributed by atoms with Crippen LogP contribution in [0.1, 0.15) is 34.7 Å². The van der Waals surface area contributed by atoms with E-state index in [1.54, 1.807) is 49.2 Å². The molecule has 1 aliphatic heterocycles. The monoisotopic (exact) mass is 420 g/mol. The molecule has 0 unspecified atom stereocenters. The summed E-state index contributed by atoms with van der Waals surface area (Å²) in [5.74, 6) is 0.451. The second kappa shape index (κ2) is 8.99. The number of anilines is 1. The lowest BCUT2D eigenvalue weighted by molar-refractivity contribution is 0.0371. The number of amides is 1. The van der Waals surface area contributed by atoms with Crippen LogP contribution in [0.2, 0.25) is 0 Å². The molecule has 31 heavy (non-hydrogen) atoms. The number of piperazine rings is 1. The Kier molecular flexibility index (Phi) is 5.97. The lowest BCUT2D eigenvalue weighted by atomic mass is 10.0. The van der Waals surface area contributed by atoms with Crippen LogP contribution in [0.3, 0.4) is 0 Å². The van der Waals surface area contributed by atoms with Gasteiger partial charge in [0.2, 0.25) is 0 Å². The van der Waals surface area contributed by atoms with Gasteiger partial charge in [0.1, 0.15) is 5.82 Å². The standard InChI is InChI=1S/C23H24N4O4/c1-16(2)31-23(29)20-21(30-15-25-20)17-7-3-4-8-18(17)22(28)27-13-11-26(12-14-27)19-9-5-6-10-24-19/h3-10,15-16H,11-14H2,1-2H3. The van der Waals surface area contributed by atoms with Gasteiger partial charge in [-0.2, -0.15) is 0 Å². The molecule has 0 radical (unpaired) electrons. The number of oxazole rings is 1. The molecule has 1 aromatic carbocycles. The third-order valence-electron chi connectivity index (χ3n) is 5.05. The number of esters is 1. The van der Waals surface area contributed by atoms with Crippen LogP contribution in [-0.4, -0.2) is 59.0 Å². The molecule has 3 heterocycles. The van der Waals surface area contributed by atoms with Crippen molar-refractivity contribution in [1.29, 1.82) is 0 Å². The second-order valence-electron chi connectivity index (χ2n) is 7.50. The number of ether oxygens (including phenoxy) is 1. The normalized spacial score (nSPS) is 14.0. The van der Waals surface area contributed by atoms with Crippen molar-refractivity contribution in [3.8, 4) is 11.3 Å². The summed E-state index contributed by atoms with van der Waals surface area (Å²) in [5, 5.41) is 0. The quantitative estimate of drug-likeness (QED) is 0.585. The fourth-order valence-electron chi connectivity index (χ4n) is 3.57. The molecule has 3 aromatic rings. The number of hydrogen-bond donors (Lipinski definition) is 0. The topological polar surface area (TPSA) is 88.8 Å². The van der Waals surface area contributed by atoms with Crippen LogP contribution in [-0.2, 0) is 4.74 Å². The first-order valence-corrected chi connectivity index (χ1v) is 10.2. The Bertz CT molecular complexity index is 1060. The summed E-state index contributed by atoms with van der Waals surface area (Å²) in [6.07, 6.45) is 2.67. The van der Waals surface area contributed by atoms with Crippen LogP contribution < -0.4 is 4.90 Å². The minimum atomic E-state index is -0.579. The van der Waals surface area contributed by atoms with E-state index in [-0.39, 0.29) is 23.5 Å². The summed E-state index contributed by atoms with van der Waals surface area (Å²) in [6.45, 7) is 6.06. The molecule has 8 nitrogen and oxygen atoms in total. The van der Waals surface area contributed by atoms with Crippen LogP contribution in [0.15, 0.2) is 59.5 Å². The van der Waals surface area contributed by atoms with Gasteiger partial charge in [-0.05, 0) is 32.0 Å². The Balaban J connectivity index is 1.54. The summed E-state index contributed by atoms with van der Waals surface area (Å²) in [5.41, 5.74) is 1.05. The zero-order chi connectivity index (χ0) is 21.8. The van der Waals surface area contributed by atoms with E-state index in [4.69, 9.17) is 9.15 Å². The lowest BCUT2D eigenvalue weighted by Gasteiger charge is -2.35. The Labute approximate surface area is 180 Å². The molecule has 1 amide bonds. The van der Waals surface area contributed by atoms with Gasteiger partial charge in [-0.3, -0.25) is 4.79 Å². The van der Waals surface area contributed by atoms with E-state index < -0.39 is 5.97 Å². The zero-order valence-corrected chi connectivity index (χ0v) is 17.5. The van der Waals surface area contributed by atoms with Crippen molar-refractivity contribution in [2.24, 2.45) is 0 Å². The number of rotatable bonds is 5. The SMILES string of the molecule is CC(C)OC(=O)c1ncoc1-c1ccccc1C(=O)N1CCN(c2ccccn2)CC1. The minimum Gasteiger partial charge on any atom is -0.458 e. The van der Waals surface area contributed by atoms with E-state index >= 15 is 0 Å². The molecule has 0 aliphatic carbocycles. The van der Waals surface area contributed by atoms with Gasteiger partial charge in [-0.15, -0.1) is 0 Å². The lowest BCUT2D eigenvalue weighted by Crippen LogP contribution is -2.49.